The third-order valence-corrected chi connectivity index (χ3v) is 6.15. The Morgan fingerprint density at radius 3 is 2.50 bits per heavy atom. The molecule has 0 atom stereocenters. The molecule has 0 bridgehead atoms. The van der Waals surface area contributed by atoms with Gasteiger partial charge in [0.1, 0.15) is 0 Å². The molecule has 1 heterocycles. The van der Waals surface area contributed by atoms with E-state index in [4.69, 9.17) is 20.8 Å². The molecule has 0 aliphatic heterocycles. The van der Waals surface area contributed by atoms with Gasteiger partial charge in [-0.05, 0) is 24.3 Å². The fraction of sp³-hybridized carbons (Fsp3) is 0.100. The van der Waals surface area contributed by atoms with E-state index in [1.165, 1.54) is 24.3 Å². The maximum atomic E-state index is 12.5. The van der Waals surface area contributed by atoms with Crippen LogP contribution in [0.1, 0.15) is 16.1 Å². The van der Waals surface area contributed by atoms with Crippen molar-refractivity contribution in [2.75, 3.05) is 11.9 Å². The standard InChI is InChI=1S/C20H15ClN2O8S/c21-16-10-14(23(26)27)6-7-17(16)22-18(24)11-31-20(25)19-13(8-9-30-19)12-32(28,29)15-4-2-1-3-5-15/h1-10H,11-12H2,(H,22,24). The van der Waals surface area contributed by atoms with Crippen molar-refractivity contribution in [3.8, 4) is 0 Å². The van der Waals surface area contributed by atoms with Crippen molar-refractivity contribution in [3.05, 3.63) is 87.3 Å². The molecular formula is C20H15ClN2O8S. The first-order chi connectivity index (χ1) is 15.2. The zero-order chi connectivity index (χ0) is 23.3. The van der Waals surface area contributed by atoms with E-state index in [0.29, 0.717) is 0 Å². The van der Waals surface area contributed by atoms with Crippen molar-refractivity contribution < 1.29 is 32.1 Å². The first kappa shape index (κ1) is 23.0. The van der Waals surface area contributed by atoms with Gasteiger partial charge in [-0.2, -0.15) is 0 Å². The largest absolute Gasteiger partial charge is 0.457 e. The Kier molecular flexibility index (Phi) is 6.91. The van der Waals surface area contributed by atoms with Gasteiger partial charge < -0.3 is 14.5 Å². The van der Waals surface area contributed by atoms with Gasteiger partial charge >= 0.3 is 5.97 Å². The van der Waals surface area contributed by atoms with Gasteiger partial charge in [0, 0.05) is 17.7 Å². The second-order valence-corrected chi connectivity index (χ2v) is 8.79. The Bertz CT molecular complexity index is 1270. The van der Waals surface area contributed by atoms with E-state index in [2.05, 4.69) is 5.32 Å². The average molecular weight is 479 g/mol. The molecule has 1 amide bonds. The number of carbonyl (C=O) groups excluding carboxylic acids is 2. The van der Waals surface area contributed by atoms with Gasteiger partial charge in [-0.3, -0.25) is 14.9 Å². The Balaban J connectivity index is 1.62. The third-order valence-electron chi connectivity index (χ3n) is 4.15. The minimum atomic E-state index is -3.74. The zero-order valence-corrected chi connectivity index (χ0v) is 17.8. The quantitative estimate of drug-likeness (QED) is 0.293. The summed E-state index contributed by atoms with van der Waals surface area (Å²) in [4.78, 5) is 34.5. The number of nitrogens with zero attached hydrogens (tertiary/aromatic N) is 1. The number of nitro groups is 1. The summed E-state index contributed by atoms with van der Waals surface area (Å²) in [6.45, 7) is -0.724. The van der Waals surface area contributed by atoms with Gasteiger partial charge in [-0.25, -0.2) is 13.2 Å². The highest BCUT2D eigenvalue weighted by molar-refractivity contribution is 7.90. The lowest BCUT2D eigenvalue weighted by Crippen LogP contribution is -2.21. The molecule has 0 unspecified atom stereocenters. The summed E-state index contributed by atoms with van der Waals surface area (Å²) in [7, 11) is -3.74. The number of hydrogen-bond acceptors (Lipinski definition) is 8. The highest BCUT2D eigenvalue weighted by atomic mass is 35.5. The van der Waals surface area contributed by atoms with Crippen LogP contribution in [0.3, 0.4) is 0 Å². The minimum Gasteiger partial charge on any atom is -0.457 e. The number of sulfone groups is 1. The monoisotopic (exact) mass is 478 g/mol. The van der Waals surface area contributed by atoms with Crippen LogP contribution in [0.25, 0.3) is 0 Å². The number of amides is 1. The molecule has 0 aliphatic carbocycles. The number of esters is 1. The number of nitrogens with one attached hydrogen (secondary N) is 1. The number of benzene rings is 2. The van der Waals surface area contributed by atoms with Crippen LogP contribution in [0.15, 0.2) is 70.2 Å². The van der Waals surface area contributed by atoms with E-state index in [1.54, 1.807) is 18.2 Å². The van der Waals surface area contributed by atoms with Crippen molar-refractivity contribution in [2.45, 2.75) is 10.6 Å². The van der Waals surface area contributed by atoms with Crippen LogP contribution in [0.5, 0.6) is 0 Å². The topological polar surface area (TPSA) is 146 Å². The molecule has 3 aromatic rings. The van der Waals surface area contributed by atoms with Crippen molar-refractivity contribution in [2.24, 2.45) is 0 Å². The molecule has 0 spiro atoms. The number of hydrogen-bond donors (Lipinski definition) is 1. The summed E-state index contributed by atoms with van der Waals surface area (Å²) in [5.74, 6) is -2.63. The highest BCUT2D eigenvalue weighted by Crippen LogP contribution is 2.26. The predicted octanol–water partition coefficient (Wildman–Crippen LogP) is 3.61. The van der Waals surface area contributed by atoms with E-state index in [9.17, 15) is 28.1 Å². The fourth-order valence-corrected chi connectivity index (χ4v) is 4.24. The molecule has 2 aromatic carbocycles. The van der Waals surface area contributed by atoms with Crippen LogP contribution in [0.4, 0.5) is 11.4 Å². The minimum absolute atomic E-state index is 0.0710. The summed E-state index contributed by atoms with van der Waals surface area (Å²) in [5.41, 5.74) is -0.0844. The lowest BCUT2D eigenvalue weighted by molar-refractivity contribution is -0.384. The van der Waals surface area contributed by atoms with E-state index in [0.717, 1.165) is 18.4 Å². The van der Waals surface area contributed by atoms with Gasteiger partial charge in [-0.1, -0.05) is 29.8 Å². The lowest BCUT2D eigenvalue weighted by Gasteiger charge is -2.08. The number of anilines is 1. The fourth-order valence-electron chi connectivity index (χ4n) is 2.65. The van der Waals surface area contributed by atoms with Crippen molar-refractivity contribution in [1.29, 1.82) is 0 Å². The smallest absolute Gasteiger partial charge is 0.375 e. The van der Waals surface area contributed by atoms with E-state index < -0.39 is 39.0 Å². The number of halogens is 1. The number of non-ortho nitro benzene ring substituents is 1. The summed E-state index contributed by atoms with van der Waals surface area (Å²) < 4.78 is 35.0. The molecule has 3 rings (SSSR count). The Morgan fingerprint density at radius 2 is 1.84 bits per heavy atom. The average Bonchev–Trinajstić information content (AvgIpc) is 3.21. The molecule has 0 fully saturated rings. The van der Waals surface area contributed by atoms with Gasteiger partial charge in [0.2, 0.25) is 5.76 Å². The molecule has 12 heteroatoms. The summed E-state index contributed by atoms with van der Waals surface area (Å²) in [5, 5.41) is 13.0. The summed E-state index contributed by atoms with van der Waals surface area (Å²) >= 11 is 5.90. The predicted molar refractivity (Wildman–Crippen MR) is 113 cm³/mol. The Morgan fingerprint density at radius 1 is 1.12 bits per heavy atom. The van der Waals surface area contributed by atoms with Crippen molar-refractivity contribution in [1.82, 2.24) is 0 Å². The Hall–Kier alpha value is -3.70. The molecule has 166 valence electrons. The third kappa shape index (κ3) is 5.50. The van der Waals surface area contributed by atoms with Gasteiger partial charge in [-0.15, -0.1) is 0 Å². The van der Waals surface area contributed by atoms with E-state index >= 15 is 0 Å². The number of carbonyl (C=O) groups is 2. The molecular weight excluding hydrogens is 464 g/mol. The number of ether oxygens (including phenoxy) is 1. The van der Waals surface area contributed by atoms with Gasteiger partial charge in [0.05, 0.1) is 32.5 Å². The summed E-state index contributed by atoms with van der Waals surface area (Å²) in [6, 6.07) is 12.5. The SMILES string of the molecule is O=C(COC(=O)c1occc1CS(=O)(=O)c1ccccc1)Nc1ccc([N+](=O)[O-])cc1Cl. The zero-order valence-electron chi connectivity index (χ0n) is 16.2. The molecule has 0 saturated carbocycles. The molecule has 10 nitrogen and oxygen atoms in total. The van der Waals surface area contributed by atoms with Crippen LogP contribution in [0.2, 0.25) is 5.02 Å². The first-order valence-electron chi connectivity index (χ1n) is 8.92. The molecule has 1 aromatic heterocycles. The second kappa shape index (κ2) is 9.62. The van der Waals surface area contributed by atoms with Crippen LogP contribution in [-0.4, -0.2) is 31.8 Å². The molecule has 0 radical (unpaired) electrons. The molecule has 0 saturated heterocycles. The normalized spacial score (nSPS) is 11.0. The van der Waals surface area contributed by atoms with E-state index in [-0.39, 0.29) is 32.6 Å². The molecule has 0 aliphatic rings. The first-order valence-corrected chi connectivity index (χ1v) is 11.0. The van der Waals surface area contributed by atoms with Gasteiger partial charge in [0.15, 0.2) is 16.4 Å². The van der Waals surface area contributed by atoms with E-state index in [1.807, 2.05) is 0 Å². The van der Waals surface area contributed by atoms with Crippen LogP contribution in [0, 0.1) is 10.1 Å². The lowest BCUT2D eigenvalue weighted by atomic mass is 10.3. The maximum Gasteiger partial charge on any atom is 0.375 e. The van der Waals surface area contributed by atoms with Gasteiger partial charge in [0.25, 0.3) is 11.6 Å². The molecule has 1 N–H and O–H groups in total. The van der Waals surface area contributed by atoms with Crippen molar-refractivity contribution >= 4 is 44.7 Å². The number of furan rings is 1. The second-order valence-electron chi connectivity index (χ2n) is 6.39. The highest BCUT2D eigenvalue weighted by Gasteiger charge is 2.24. The van der Waals surface area contributed by atoms with Crippen LogP contribution in [-0.2, 0) is 25.1 Å². The summed E-state index contributed by atoms with van der Waals surface area (Å²) in [6.07, 6.45) is 1.14. The van der Waals surface area contributed by atoms with Crippen molar-refractivity contribution in [3.63, 3.8) is 0 Å². The Labute approximate surface area is 186 Å². The number of rotatable bonds is 8. The molecule has 32 heavy (non-hydrogen) atoms. The van der Waals surface area contributed by atoms with Crippen LogP contribution < -0.4 is 5.32 Å². The van der Waals surface area contributed by atoms with Crippen LogP contribution >= 0.6 is 11.6 Å². The number of nitro benzene ring substituents is 1. The maximum absolute atomic E-state index is 12.5.